The van der Waals surface area contributed by atoms with Crippen LogP contribution in [0.3, 0.4) is 0 Å². The van der Waals surface area contributed by atoms with Gasteiger partial charge in [-0.05, 0) is 45.4 Å². The Morgan fingerprint density at radius 2 is 2.10 bits per heavy atom. The third-order valence-corrected chi connectivity index (χ3v) is 5.12. The van der Waals surface area contributed by atoms with E-state index in [-0.39, 0.29) is 17.3 Å². The third kappa shape index (κ3) is 4.46. The van der Waals surface area contributed by atoms with Gasteiger partial charge in [-0.3, -0.25) is 15.0 Å². The van der Waals surface area contributed by atoms with Crippen molar-refractivity contribution in [3.63, 3.8) is 0 Å². The molecule has 2 heterocycles. The first-order valence-corrected chi connectivity index (χ1v) is 9.60. The van der Waals surface area contributed by atoms with Crippen molar-refractivity contribution in [2.75, 3.05) is 13.7 Å². The van der Waals surface area contributed by atoms with Crippen LogP contribution in [-0.4, -0.2) is 59.8 Å². The number of carbonyl (C=O) groups is 2. The smallest absolute Gasteiger partial charge is 0.414 e. The number of aromatic hydroxyl groups is 1. The number of benzene rings is 1. The van der Waals surface area contributed by atoms with Crippen molar-refractivity contribution in [3.8, 4) is 5.75 Å². The maximum absolute atomic E-state index is 14.8. The summed E-state index contributed by atoms with van der Waals surface area (Å²) in [4.78, 5) is 30.8. The lowest BCUT2D eigenvalue weighted by molar-refractivity contribution is -0.156. The molecule has 0 bridgehead atoms. The number of nitrogens with zero attached hydrogens (tertiary/aromatic N) is 2. The van der Waals surface area contributed by atoms with Crippen molar-refractivity contribution in [1.82, 2.24) is 10.2 Å². The number of amides is 2. The second-order valence-electron chi connectivity index (χ2n) is 8.52. The predicted octanol–water partition coefficient (Wildman–Crippen LogP) is 2.75. The molecule has 3 rings (SSSR count). The fourth-order valence-corrected chi connectivity index (χ4v) is 3.70. The Labute approximate surface area is 177 Å². The van der Waals surface area contributed by atoms with Crippen LogP contribution in [0, 0.1) is 11.7 Å². The molecular weight excluding hydrogens is 419 g/mol. The highest BCUT2D eigenvalue weighted by Gasteiger charge is 2.56. The van der Waals surface area contributed by atoms with Crippen molar-refractivity contribution in [1.29, 1.82) is 0 Å². The first-order chi connectivity index (χ1) is 14.3. The maximum Gasteiger partial charge on any atom is 0.414 e. The molecule has 31 heavy (non-hydrogen) atoms. The highest BCUT2D eigenvalue weighted by molar-refractivity contribution is 6.05. The van der Waals surface area contributed by atoms with Crippen molar-refractivity contribution in [2.24, 2.45) is 10.9 Å². The topological polar surface area (TPSA) is 100 Å². The molecule has 11 heteroatoms. The van der Waals surface area contributed by atoms with Crippen molar-refractivity contribution < 1.29 is 37.3 Å². The number of alkyl halides is 2. The number of fused-ring (bicyclic) bond motifs is 1. The highest BCUT2D eigenvalue weighted by Crippen LogP contribution is 2.46. The standard InChI is InChI=1S/C20H24F3N3O5/c1-19(2,3)31-18(29)24-17-25-20(11-7-10(27)5-6-13(11)21)9-30-14(15(22)23)8-12(20)16(28)26(17)4/h5-7,12,14-15,27H,8-9H2,1-4H3,(H,24,25,29)/t12-,14+,20+/m0/s1. The lowest BCUT2D eigenvalue weighted by atomic mass is 9.72. The maximum atomic E-state index is 14.8. The zero-order chi connectivity index (χ0) is 23.1. The second-order valence-corrected chi connectivity index (χ2v) is 8.52. The van der Waals surface area contributed by atoms with Crippen LogP contribution in [0.2, 0.25) is 0 Å². The summed E-state index contributed by atoms with van der Waals surface area (Å²) < 4.78 is 51.8. The van der Waals surface area contributed by atoms with E-state index in [9.17, 15) is 27.9 Å². The molecule has 2 aliphatic heterocycles. The summed E-state index contributed by atoms with van der Waals surface area (Å²) in [5.41, 5.74) is -2.80. The number of halogens is 3. The summed E-state index contributed by atoms with van der Waals surface area (Å²) in [7, 11) is 1.31. The van der Waals surface area contributed by atoms with Gasteiger partial charge in [-0.1, -0.05) is 0 Å². The van der Waals surface area contributed by atoms with E-state index < -0.39 is 60.4 Å². The average Bonchev–Trinajstić information content (AvgIpc) is 2.66. The molecule has 0 radical (unpaired) electrons. The molecule has 0 aliphatic carbocycles. The average molecular weight is 443 g/mol. The van der Waals surface area contributed by atoms with Gasteiger partial charge in [0.1, 0.15) is 28.8 Å². The zero-order valence-corrected chi connectivity index (χ0v) is 17.5. The van der Waals surface area contributed by atoms with Crippen LogP contribution < -0.4 is 5.32 Å². The van der Waals surface area contributed by atoms with E-state index in [4.69, 9.17) is 9.47 Å². The Hall–Kier alpha value is -2.82. The number of phenolic OH excluding ortho intramolecular Hbond substituents is 1. The van der Waals surface area contributed by atoms with E-state index in [1.165, 1.54) is 7.05 Å². The van der Waals surface area contributed by atoms with Gasteiger partial charge in [-0.25, -0.2) is 23.0 Å². The molecule has 0 unspecified atom stereocenters. The Kier molecular flexibility index (Phi) is 5.92. The van der Waals surface area contributed by atoms with Crippen LogP contribution in [0.15, 0.2) is 23.2 Å². The molecule has 0 spiro atoms. The molecule has 1 aromatic rings. The number of phenols is 1. The van der Waals surface area contributed by atoms with Crippen molar-refractivity contribution in [3.05, 3.63) is 29.6 Å². The number of hydrogen-bond donors (Lipinski definition) is 2. The highest BCUT2D eigenvalue weighted by atomic mass is 19.3. The number of guanidine groups is 1. The summed E-state index contributed by atoms with van der Waals surface area (Å²) in [5, 5.41) is 12.2. The van der Waals surface area contributed by atoms with Gasteiger partial charge in [-0.2, -0.15) is 0 Å². The summed E-state index contributed by atoms with van der Waals surface area (Å²) in [6, 6.07) is 3.16. The zero-order valence-electron chi connectivity index (χ0n) is 17.5. The SMILES string of the molecule is CN1C(=O)[C@@H]2C[C@H](C(F)F)OC[C@]2(c2cc(O)ccc2F)N=C1NC(=O)OC(C)(C)C. The molecule has 1 fully saturated rings. The minimum atomic E-state index is -2.85. The van der Waals surface area contributed by atoms with E-state index in [0.29, 0.717) is 0 Å². The lowest BCUT2D eigenvalue weighted by Crippen LogP contribution is -2.61. The summed E-state index contributed by atoms with van der Waals surface area (Å²) in [6.45, 7) is 4.38. The lowest BCUT2D eigenvalue weighted by Gasteiger charge is -2.47. The second kappa shape index (κ2) is 8.03. The van der Waals surface area contributed by atoms with Gasteiger partial charge < -0.3 is 14.6 Å². The predicted molar refractivity (Wildman–Crippen MR) is 103 cm³/mol. The number of aliphatic imine (C=N–C) groups is 1. The molecule has 3 atom stereocenters. The third-order valence-electron chi connectivity index (χ3n) is 5.12. The van der Waals surface area contributed by atoms with Crippen LogP contribution in [0.25, 0.3) is 0 Å². The molecule has 2 amide bonds. The minimum Gasteiger partial charge on any atom is -0.508 e. The number of carbonyl (C=O) groups excluding carboxylic acids is 2. The van der Waals surface area contributed by atoms with Crippen LogP contribution in [0.5, 0.6) is 5.75 Å². The van der Waals surface area contributed by atoms with Gasteiger partial charge in [0.2, 0.25) is 11.9 Å². The first-order valence-electron chi connectivity index (χ1n) is 9.60. The van der Waals surface area contributed by atoms with E-state index in [1.54, 1.807) is 20.8 Å². The molecule has 1 aromatic carbocycles. The normalized spacial score (nSPS) is 26.4. The fourth-order valence-electron chi connectivity index (χ4n) is 3.70. The van der Waals surface area contributed by atoms with Crippen LogP contribution in [-0.2, 0) is 19.8 Å². The van der Waals surface area contributed by atoms with Gasteiger partial charge in [0, 0.05) is 12.6 Å². The largest absolute Gasteiger partial charge is 0.508 e. The fraction of sp³-hybridized carbons (Fsp3) is 0.550. The number of ether oxygens (including phenoxy) is 2. The van der Waals surface area contributed by atoms with E-state index in [1.807, 2.05) is 0 Å². The van der Waals surface area contributed by atoms with Gasteiger partial charge in [0.05, 0.1) is 12.5 Å². The van der Waals surface area contributed by atoms with Gasteiger partial charge in [-0.15, -0.1) is 0 Å². The van der Waals surface area contributed by atoms with Crippen molar-refractivity contribution >= 4 is 18.0 Å². The molecular formula is C20H24F3N3O5. The Balaban J connectivity index is 2.10. The molecule has 0 saturated carbocycles. The molecule has 170 valence electrons. The molecule has 8 nitrogen and oxygen atoms in total. The van der Waals surface area contributed by atoms with Crippen molar-refractivity contribution in [2.45, 2.75) is 50.9 Å². The molecule has 0 aromatic heterocycles. The van der Waals surface area contributed by atoms with Gasteiger partial charge in [0.25, 0.3) is 6.43 Å². The molecule has 2 aliphatic rings. The Bertz CT molecular complexity index is 918. The first kappa shape index (κ1) is 22.9. The van der Waals surface area contributed by atoms with E-state index in [2.05, 4.69) is 10.3 Å². The Morgan fingerprint density at radius 3 is 2.71 bits per heavy atom. The van der Waals surface area contributed by atoms with Crippen LogP contribution >= 0.6 is 0 Å². The number of nitrogens with one attached hydrogen (secondary N) is 1. The number of alkyl carbamates (subject to hydrolysis) is 1. The Morgan fingerprint density at radius 1 is 1.42 bits per heavy atom. The van der Waals surface area contributed by atoms with Gasteiger partial charge in [0.15, 0.2) is 0 Å². The quantitative estimate of drug-likeness (QED) is 0.732. The number of rotatable bonds is 2. The van der Waals surface area contributed by atoms with E-state index >= 15 is 0 Å². The van der Waals surface area contributed by atoms with Crippen LogP contribution in [0.4, 0.5) is 18.0 Å². The summed E-state index contributed by atoms with van der Waals surface area (Å²) >= 11 is 0. The van der Waals surface area contributed by atoms with Crippen LogP contribution in [0.1, 0.15) is 32.8 Å². The molecule has 1 saturated heterocycles. The molecule has 2 N–H and O–H groups in total. The summed E-state index contributed by atoms with van der Waals surface area (Å²) in [6.07, 6.45) is -5.71. The monoisotopic (exact) mass is 443 g/mol. The minimum absolute atomic E-state index is 0.199. The number of hydrogen-bond acceptors (Lipinski definition) is 6. The van der Waals surface area contributed by atoms with Gasteiger partial charge >= 0.3 is 6.09 Å². The summed E-state index contributed by atoms with van der Waals surface area (Å²) in [5.74, 6) is -3.22. The van der Waals surface area contributed by atoms with E-state index in [0.717, 1.165) is 23.1 Å².